The molecular weight excluding hydrogens is 547 g/mol. The number of methoxy groups -OCH3 is 1. The Labute approximate surface area is 240 Å². The lowest BCUT2D eigenvalue weighted by atomic mass is 9.94. The van der Waals surface area contributed by atoms with E-state index in [9.17, 15) is 23.1 Å². The highest BCUT2D eigenvalue weighted by molar-refractivity contribution is 6.00. The number of halogens is 3. The number of carbonyl (C=O) groups excluding carboxylic acids is 1. The summed E-state index contributed by atoms with van der Waals surface area (Å²) >= 11 is 0. The summed E-state index contributed by atoms with van der Waals surface area (Å²) in [4.78, 5) is 20.4. The first-order chi connectivity index (χ1) is 19.9. The number of aryl methyl sites for hydroxylation is 1. The standard InChI is InChI=1S/C31H34F3N5O3/c1-30(41,31(32,33)34)20-8-6-17-11-24(38(23(17)13-20)14-16-4-5-16)28-36-21-10-19(12-25(42-3)27(21)37(28)2)29(40)39-15-18-7-9-22(39)26(18)35/h6,8,10-13,16,18,22,26,41H,4-5,7,9,14-15,35H2,1-3H3/t18?,22?,26-,30?/m1/s1. The quantitative estimate of drug-likeness (QED) is 0.336. The van der Waals surface area contributed by atoms with Gasteiger partial charge in [0.25, 0.3) is 5.91 Å². The van der Waals surface area contributed by atoms with E-state index in [1.165, 1.54) is 12.1 Å². The highest BCUT2D eigenvalue weighted by Gasteiger charge is 2.51. The SMILES string of the molecule is COc1cc(C(=O)N2CC3CCC2[C@@H]3N)cc2nc(-c3cc4ccc(C(C)(O)C(F)(F)F)cc4n3CC3CC3)n(C)c12. The molecular formula is C31H34F3N5O3. The predicted octanol–water partition coefficient (Wildman–Crippen LogP) is 4.95. The van der Waals surface area contributed by atoms with Crippen LogP contribution in [-0.2, 0) is 19.2 Å². The number of fused-ring (bicyclic) bond motifs is 4. The number of nitrogens with two attached hydrogens (primary N) is 1. The van der Waals surface area contributed by atoms with Gasteiger partial charge in [-0.25, -0.2) is 4.98 Å². The molecule has 3 fully saturated rings. The van der Waals surface area contributed by atoms with Crippen molar-refractivity contribution in [3.8, 4) is 17.3 Å². The van der Waals surface area contributed by atoms with Gasteiger partial charge in [0.05, 0.1) is 18.3 Å². The Hall–Kier alpha value is -3.57. The van der Waals surface area contributed by atoms with Crippen LogP contribution in [0.25, 0.3) is 33.5 Å². The number of benzene rings is 2. The van der Waals surface area contributed by atoms with Crippen molar-refractivity contribution in [2.45, 2.75) is 63.0 Å². The fourth-order valence-corrected chi connectivity index (χ4v) is 6.93. The molecule has 2 saturated carbocycles. The van der Waals surface area contributed by atoms with Gasteiger partial charge < -0.3 is 29.6 Å². The van der Waals surface area contributed by atoms with Gasteiger partial charge in [0.2, 0.25) is 0 Å². The van der Waals surface area contributed by atoms with E-state index in [2.05, 4.69) is 0 Å². The van der Waals surface area contributed by atoms with Crippen LogP contribution >= 0.6 is 0 Å². The van der Waals surface area contributed by atoms with Gasteiger partial charge in [-0.05, 0) is 74.3 Å². The number of imidazole rings is 1. The van der Waals surface area contributed by atoms with Crippen LogP contribution < -0.4 is 10.5 Å². The Morgan fingerprint density at radius 1 is 1.14 bits per heavy atom. The molecule has 2 aromatic heterocycles. The molecule has 3 aliphatic rings. The molecule has 0 spiro atoms. The minimum absolute atomic E-state index is 0.00904. The summed E-state index contributed by atoms with van der Waals surface area (Å²) in [6.07, 6.45) is -0.770. The average molecular weight is 582 g/mol. The second-order valence-corrected chi connectivity index (χ2v) is 12.4. The van der Waals surface area contributed by atoms with Gasteiger partial charge in [-0.1, -0.05) is 12.1 Å². The number of aliphatic hydroxyl groups is 1. The number of hydrogen-bond donors (Lipinski definition) is 2. The monoisotopic (exact) mass is 581 g/mol. The van der Waals surface area contributed by atoms with E-state index in [4.69, 9.17) is 15.5 Å². The molecule has 222 valence electrons. The zero-order valence-corrected chi connectivity index (χ0v) is 23.8. The zero-order chi connectivity index (χ0) is 29.7. The normalized spacial score (nSPS) is 23.7. The largest absolute Gasteiger partial charge is 0.494 e. The maximum absolute atomic E-state index is 13.7. The first kappa shape index (κ1) is 27.3. The van der Waals surface area contributed by atoms with Crippen molar-refractivity contribution in [1.82, 2.24) is 19.0 Å². The summed E-state index contributed by atoms with van der Waals surface area (Å²) in [5.74, 6) is 1.79. The van der Waals surface area contributed by atoms with Crippen molar-refractivity contribution in [2.75, 3.05) is 13.7 Å². The maximum atomic E-state index is 13.7. The van der Waals surface area contributed by atoms with E-state index >= 15 is 0 Å². The molecule has 7 rings (SSSR count). The number of aromatic nitrogens is 3. The number of piperidine rings is 1. The fourth-order valence-electron chi connectivity index (χ4n) is 6.93. The molecule has 11 heteroatoms. The van der Waals surface area contributed by atoms with Gasteiger partial charge in [-0.15, -0.1) is 0 Å². The van der Waals surface area contributed by atoms with Crippen LogP contribution in [0.1, 0.15) is 48.5 Å². The first-order valence-corrected chi connectivity index (χ1v) is 14.4. The van der Waals surface area contributed by atoms with Crippen molar-refractivity contribution in [1.29, 1.82) is 0 Å². The van der Waals surface area contributed by atoms with Crippen LogP contribution in [0.4, 0.5) is 13.2 Å². The molecule has 2 bridgehead atoms. The third kappa shape index (κ3) is 4.04. The molecule has 0 radical (unpaired) electrons. The smallest absolute Gasteiger partial charge is 0.421 e. The van der Waals surface area contributed by atoms with Crippen molar-refractivity contribution in [3.05, 3.63) is 47.5 Å². The van der Waals surface area contributed by atoms with Gasteiger partial charge in [0.1, 0.15) is 11.3 Å². The lowest BCUT2D eigenvalue weighted by Crippen LogP contribution is -2.41. The molecule has 2 aliphatic carbocycles. The van der Waals surface area contributed by atoms with Crippen molar-refractivity contribution in [2.24, 2.45) is 24.6 Å². The summed E-state index contributed by atoms with van der Waals surface area (Å²) in [6, 6.07) is 9.89. The van der Waals surface area contributed by atoms with Crippen LogP contribution in [0, 0.1) is 11.8 Å². The van der Waals surface area contributed by atoms with Gasteiger partial charge in [0.15, 0.2) is 11.4 Å². The Balaban J connectivity index is 1.35. The molecule has 2 aromatic carbocycles. The van der Waals surface area contributed by atoms with Crippen LogP contribution in [0.2, 0.25) is 0 Å². The topological polar surface area (TPSA) is 98.5 Å². The number of amides is 1. The number of rotatable bonds is 6. The fraction of sp³-hybridized carbons (Fsp3) is 0.484. The van der Waals surface area contributed by atoms with E-state index in [-0.39, 0.29) is 23.6 Å². The Morgan fingerprint density at radius 3 is 2.52 bits per heavy atom. The Bertz CT molecular complexity index is 1740. The minimum Gasteiger partial charge on any atom is -0.494 e. The molecule has 4 aromatic rings. The summed E-state index contributed by atoms with van der Waals surface area (Å²) in [5, 5.41) is 11.1. The molecule has 8 nitrogen and oxygen atoms in total. The summed E-state index contributed by atoms with van der Waals surface area (Å²) in [6.45, 7) is 2.06. The second-order valence-electron chi connectivity index (χ2n) is 12.4. The second kappa shape index (κ2) is 9.21. The van der Waals surface area contributed by atoms with E-state index < -0.39 is 11.8 Å². The number of nitrogens with zero attached hydrogens (tertiary/aromatic N) is 4. The summed E-state index contributed by atoms with van der Waals surface area (Å²) in [7, 11) is 3.42. The van der Waals surface area contributed by atoms with E-state index in [1.54, 1.807) is 25.3 Å². The predicted molar refractivity (Wildman–Crippen MR) is 152 cm³/mol. The molecule has 1 saturated heterocycles. The van der Waals surface area contributed by atoms with Crippen molar-refractivity contribution in [3.63, 3.8) is 0 Å². The highest BCUT2D eigenvalue weighted by Crippen LogP contribution is 2.43. The molecule has 1 amide bonds. The zero-order valence-electron chi connectivity index (χ0n) is 23.8. The number of likely N-dealkylation sites (tertiary alicyclic amines) is 1. The number of hydrogen-bond acceptors (Lipinski definition) is 5. The first-order valence-electron chi connectivity index (χ1n) is 14.4. The summed E-state index contributed by atoms with van der Waals surface area (Å²) in [5.41, 5.74) is 6.31. The van der Waals surface area contributed by atoms with E-state index in [0.717, 1.165) is 43.7 Å². The van der Waals surface area contributed by atoms with Gasteiger partial charge in [-0.2, -0.15) is 13.2 Å². The number of carbonyl (C=O) groups is 1. The molecule has 1 aliphatic heterocycles. The maximum Gasteiger partial charge on any atom is 0.421 e. The van der Waals surface area contributed by atoms with Gasteiger partial charge >= 0.3 is 6.18 Å². The average Bonchev–Trinajstić information content (AvgIpc) is 3.35. The van der Waals surface area contributed by atoms with Crippen LogP contribution in [-0.4, -0.2) is 61.9 Å². The highest BCUT2D eigenvalue weighted by atomic mass is 19.4. The third-order valence-corrected chi connectivity index (χ3v) is 9.70. The molecule has 3 N–H and O–H groups in total. The van der Waals surface area contributed by atoms with Crippen molar-refractivity contribution >= 4 is 27.8 Å². The molecule has 4 atom stereocenters. The number of ether oxygens (including phenoxy) is 1. The van der Waals surface area contributed by atoms with E-state index in [1.807, 2.05) is 27.1 Å². The number of alkyl halides is 3. The van der Waals surface area contributed by atoms with Gasteiger partial charge in [-0.3, -0.25) is 4.79 Å². The van der Waals surface area contributed by atoms with Crippen LogP contribution in [0.15, 0.2) is 36.4 Å². The van der Waals surface area contributed by atoms with E-state index in [0.29, 0.717) is 58.6 Å². The molecule has 42 heavy (non-hydrogen) atoms. The minimum atomic E-state index is -4.82. The molecule has 3 heterocycles. The lowest BCUT2D eigenvalue weighted by Gasteiger charge is -2.27. The summed E-state index contributed by atoms with van der Waals surface area (Å²) < 4.78 is 50.7. The lowest BCUT2D eigenvalue weighted by molar-refractivity contribution is -0.258. The van der Waals surface area contributed by atoms with Crippen molar-refractivity contribution < 1.29 is 27.8 Å². The van der Waals surface area contributed by atoms with Crippen LogP contribution in [0.5, 0.6) is 5.75 Å². The van der Waals surface area contributed by atoms with Crippen LogP contribution in [0.3, 0.4) is 0 Å². The molecule has 3 unspecified atom stereocenters. The Kier molecular flexibility index (Phi) is 5.98. The third-order valence-electron chi connectivity index (χ3n) is 9.70. The van der Waals surface area contributed by atoms with Gasteiger partial charge in [0, 0.05) is 48.7 Å². The Morgan fingerprint density at radius 2 is 1.90 bits per heavy atom.